The van der Waals surface area contributed by atoms with Gasteiger partial charge in [-0.2, -0.15) is 0 Å². The number of benzene rings is 1. The number of rotatable bonds is 13. The molecule has 0 aromatic heterocycles. The molecule has 0 fully saturated rings. The molecule has 1 aromatic rings. The first-order valence-electron chi connectivity index (χ1n) is 12.3. The van der Waals surface area contributed by atoms with Crippen LogP contribution in [0.3, 0.4) is 0 Å². The molecule has 0 heterocycles. The fraction of sp³-hybridized carbons (Fsp3) is 0.615. The smallest absolute Gasteiger partial charge is 0.477 e. The van der Waals surface area contributed by atoms with E-state index in [1.807, 2.05) is 20.8 Å². The summed E-state index contributed by atoms with van der Waals surface area (Å²) < 4.78 is 25.9. The molecule has 0 radical (unpaired) electrons. The largest absolute Gasteiger partial charge is 0.514 e. The molecule has 2 atom stereocenters. The molecule has 0 amide bonds. The second-order valence-corrected chi connectivity index (χ2v) is 9.65. The third-order valence-corrected chi connectivity index (χ3v) is 4.81. The molecule has 0 bridgehead atoms. The maximum absolute atomic E-state index is 12.5. The van der Waals surface area contributed by atoms with E-state index in [4.69, 9.17) is 23.7 Å². The van der Waals surface area contributed by atoms with Gasteiger partial charge in [0.15, 0.2) is 11.5 Å². The summed E-state index contributed by atoms with van der Waals surface area (Å²) >= 11 is 0. The molecule has 2 N–H and O–H groups in total. The van der Waals surface area contributed by atoms with E-state index in [1.165, 1.54) is 18.2 Å². The van der Waals surface area contributed by atoms with Crippen molar-refractivity contribution in [1.29, 1.82) is 0 Å². The normalized spacial score (nSPS) is 13.6. The van der Waals surface area contributed by atoms with Gasteiger partial charge in [0.25, 0.3) is 5.72 Å². The molecule has 1 aromatic carbocycles. The number of hydrogen-bond donors (Lipinski definition) is 2. The number of carbonyl (C=O) groups is 4. The van der Waals surface area contributed by atoms with E-state index < -0.39 is 42.2 Å². The molecule has 208 valence electrons. The Kier molecular flexibility index (Phi) is 12.3. The molecule has 0 aliphatic heterocycles. The highest BCUT2D eigenvalue weighted by atomic mass is 16.7. The minimum atomic E-state index is -2.10. The van der Waals surface area contributed by atoms with E-state index in [-0.39, 0.29) is 36.3 Å². The molecule has 0 spiro atoms. The second-order valence-electron chi connectivity index (χ2n) is 9.65. The standard InChI is InChI=1S/C26H39NO10/c1-9-18(8)27-26(23(29)30,37-22(28)12-15(2)3)14-19-10-11-20(35-24(31)33-16(4)5)21(13-19)36-25(32)34-17(6)7/h10-11,13,15-18,27H,9,12,14H2,1-8H3,(H,29,30)/t18?,26-/m0/s1. The van der Waals surface area contributed by atoms with Crippen molar-refractivity contribution in [3.8, 4) is 11.5 Å². The fourth-order valence-electron chi connectivity index (χ4n) is 3.09. The maximum atomic E-state index is 12.5. The molecular weight excluding hydrogens is 486 g/mol. The minimum Gasteiger partial charge on any atom is -0.477 e. The highest BCUT2D eigenvalue weighted by Gasteiger charge is 2.44. The van der Waals surface area contributed by atoms with Gasteiger partial charge in [-0.05, 0) is 64.7 Å². The first-order chi connectivity index (χ1) is 17.2. The summed E-state index contributed by atoms with van der Waals surface area (Å²) in [5, 5.41) is 13.1. The summed E-state index contributed by atoms with van der Waals surface area (Å²) in [6, 6.07) is 3.78. The molecule has 0 saturated heterocycles. The molecular formula is C26H39NO10. The SMILES string of the molecule is CCC(C)N[C@@](Cc1ccc(OC(=O)OC(C)C)c(OC(=O)OC(C)C)c1)(OC(=O)CC(C)C)C(=O)O. The van der Waals surface area contributed by atoms with E-state index in [9.17, 15) is 24.3 Å². The van der Waals surface area contributed by atoms with Gasteiger partial charge in [0, 0.05) is 18.9 Å². The molecule has 0 aliphatic carbocycles. The average Bonchev–Trinajstić information content (AvgIpc) is 2.73. The zero-order valence-electron chi connectivity index (χ0n) is 22.8. The first-order valence-corrected chi connectivity index (χ1v) is 12.3. The quantitative estimate of drug-likeness (QED) is 0.158. The number of carboxylic acids is 1. The maximum Gasteiger partial charge on any atom is 0.514 e. The van der Waals surface area contributed by atoms with Gasteiger partial charge in [-0.3, -0.25) is 10.1 Å². The van der Waals surface area contributed by atoms with Crippen molar-refractivity contribution >= 4 is 24.2 Å². The zero-order valence-corrected chi connectivity index (χ0v) is 22.8. The van der Waals surface area contributed by atoms with Crippen molar-refractivity contribution in [2.45, 2.75) is 98.6 Å². The monoisotopic (exact) mass is 525 g/mol. The Balaban J connectivity index is 3.45. The lowest BCUT2D eigenvalue weighted by molar-refractivity contribution is -0.185. The third kappa shape index (κ3) is 11.1. The predicted octanol–water partition coefficient (Wildman–Crippen LogP) is 4.84. The van der Waals surface area contributed by atoms with Crippen molar-refractivity contribution in [2.24, 2.45) is 5.92 Å². The van der Waals surface area contributed by atoms with E-state index in [0.29, 0.717) is 12.0 Å². The van der Waals surface area contributed by atoms with Crippen LogP contribution in [0.15, 0.2) is 18.2 Å². The van der Waals surface area contributed by atoms with Crippen LogP contribution in [0.1, 0.15) is 73.8 Å². The van der Waals surface area contributed by atoms with Crippen LogP contribution in [0.25, 0.3) is 0 Å². The topological polar surface area (TPSA) is 147 Å². The van der Waals surface area contributed by atoms with Gasteiger partial charge >= 0.3 is 24.2 Å². The molecule has 1 rings (SSSR count). The van der Waals surface area contributed by atoms with Crippen LogP contribution in [0.4, 0.5) is 9.59 Å². The Morgan fingerprint density at radius 1 is 0.892 bits per heavy atom. The Labute approximate surface area is 217 Å². The number of hydrogen-bond acceptors (Lipinski definition) is 10. The number of ether oxygens (including phenoxy) is 5. The highest BCUT2D eigenvalue weighted by molar-refractivity contribution is 5.82. The summed E-state index contributed by atoms with van der Waals surface area (Å²) in [7, 11) is 0. The number of carbonyl (C=O) groups excluding carboxylic acids is 3. The number of esters is 1. The average molecular weight is 526 g/mol. The van der Waals surface area contributed by atoms with E-state index >= 15 is 0 Å². The summed E-state index contributed by atoms with van der Waals surface area (Å²) in [6.45, 7) is 13.8. The second kappa shape index (κ2) is 14.4. The van der Waals surface area contributed by atoms with Crippen LogP contribution in [0.5, 0.6) is 11.5 Å². The number of carboxylic acid groups (broad SMARTS) is 1. The Hall–Kier alpha value is -3.34. The van der Waals surface area contributed by atoms with Crippen LogP contribution in [-0.2, 0) is 30.2 Å². The summed E-state index contributed by atoms with van der Waals surface area (Å²) in [4.78, 5) is 49.2. The highest BCUT2D eigenvalue weighted by Crippen LogP contribution is 2.32. The Morgan fingerprint density at radius 2 is 1.43 bits per heavy atom. The molecule has 0 saturated carbocycles. The van der Waals surface area contributed by atoms with Crippen molar-refractivity contribution in [3.05, 3.63) is 23.8 Å². The van der Waals surface area contributed by atoms with Crippen molar-refractivity contribution in [1.82, 2.24) is 5.32 Å². The molecule has 1 unspecified atom stereocenters. The minimum absolute atomic E-state index is 0.0252. The Bertz CT molecular complexity index is 943. The van der Waals surface area contributed by atoms with Gasteiger partial charge in [-0.25, -0.2) is 14.4 Å². The number of aliphatic carboxylic acids is 1. The van der Waals surface area contributed by atoms with Crippen LogP contribution >= 0.6 is 0 Å². The molecule has 11 nitrogen and oxygen atoms in total. The van der Waals surface area contributed by atoms with Crippen LogP contribution in [-0.4, -0.2) is 53.3 Å². The zero-order chi connectivity index (χ0) is 28.3. The molecule has 11 heteroatoms. The van der Waals surface area contributed by atoms with Gasteiger partial charge in [-0.1, -0.05) is 26.8 Å². The first kappa shape index (κ1) is 31.7. The van der Waals surface area contributed by atoms with Crippen LogP contribution in [0.2, 0.25) is 0 Å². The number of nitrogens with one attached hydrogen (secondary N) is 1. The van der Waals surface area contributed by atoms with Crippen molar-refractivity contribution in [3.63, 3.8) is 0 Å². The summed E-state index contributed by atoms with van der Waals surface area (Å²) in [5.41, 5.74) is -1.79. The lowest BCUT2D eigenvalue weighted by atomic mass is 10.00. The van der Waals surface area contributed by atoms with E-state index in [0.717, 1.165) is 0 Å². The van der Waals surface area contributed by atoms with E-state index in [1.54, 1.807) is 34.6 Å². The van der Waals surface area contributed by atoms with E-state index in [2.05, 4.69) is 5.32 Å². The Morgan fingerprint density at radius 3 is 1.89 bits per heavy atom. The van der Waals surface area contributed by atoms with Crippen molar-refractivity contribution in [2.75, 3.05) is 0 Å². The van der Waals surface area contributed by atoms with Gasteiger partial charge in [0.05, 0.1) is 12.2 Å². The van der Waals surface area contributed by atoms with Crippen LogP contribution < -0.4 is 14.8 Å². The van der Waals surface area contributed by atoms with Gasteiger partial charge < -0.3 is 28.8 Å². The van der Waals surface area contributed by atoms with Gasteiger partial charge in [-0.15, -0.1) is 0 Å². The molecule has 0 aliphatic rings. The van der Waals surface area contributed by atoms with Gasteiger partial charge in [0.1, 0.15) is 0 Å². The summed E-state index contributed by atoms with van der Waals surface area (Å²) in [6.07, 6.45) is -2.74. The summed E-state index contributed by atoms with van der Waals surface area (Å²) in [5.74, 6) is -2.48. The lowest BCUT2D eigenvalue weighted by Crippen LogP contribution is -2.59. The molecule has 37 heavy (non-hydrogen) atoms. The van der Waals surface area contributed by atoms with Crippen LogP contribution in [0, 0.1) is 5.92 Å². The predicted molar refractivity (Wildman–Crippen MR) is 133 cm³/mol. The fourth-order valence-corrected chi connectivity index (χ4v) is 3.09. The lowest BCUT2D eigenvalue weighted by Gasteiger charge is -2.33. The van der Waals surface area contributed by atoms with Crippen molar-refractivity contribution < 1.29 is 48.0 Å². The van der Waals surface area contributed by atoms with Gasteiger partial charge in [0.2, 0.25) is 0 Å². The third-order valence-electron chi connectivity index (χ3n) is 4.81.